The third-order valence-corrected chi connectivity index (χ3v) is 9.42. The first-order chi connectivity index (χ1) is 22.3. The van der Waals surface area contributed by atoms with Gasteiger partial charge in [0.2, 0.25) is 11.8 Å². The van der Waals surface area contributed by atoms with Crippen LogP contribution in [0.15, 0.2) is 71.6 Å². The number of nitrogens with zero attached hydrogens (tertiary/aromatic N) is 1. The summed E-state index contributed by atoms with van der Waals surface area (Å²) in [4.78, 5) is 54.4. The predicted octanol–water partition coefficient (Wildman–Crippen LogP) is 3.16. The Morgan fingerprint density at radius 1 is 0.872 bits per heavy atom. The first kappa shape index (κ1) is 33.8. The lowest BCUT2D eigenvalue weighted by Gasteiger charge is -2.27. The summed E-state index contributed by atoms with van der Waals surface area (Å²) < 4.78 is 30.1. The van der Waals surface area contributed by atoms with Crippen molar-refractivity contribution < 1.29 is 32.3 Å². The highest BCUT2D eigenvalue weighted by atomic mass is 32.2. The van der Waals surface area contributed by atoms with Gasteiger partial charge in [-0.25, -0.2) is 8.42 Å². The fraction of sp³-hybridized carbons (Fsp3) is 0.371. The molecule has 0 spiro atoms. The van der Waals surface area contributed by atoms with Gasteiger partial charge in [0.05, 0.1) is 17.9 Å². The molecule has 0 aromatic heterocycles. The van der Waals surface area contributed by atoms with Gasteiger partial charge in [-0.2, -0.15) is 0 Å². The third kappa shape index (κ3) is 8.44. The van der Waals surface area contributed by atoms with Crippen molar-refractivity contribution in [2.24, 2.45) is 0 Å². The highest BCUT2D eigenvalue weighted by molar-refractivity contribution is 7.90. The Hall–Kier alpha value is -4.55. The molecule has 0 unspecified atom stereocenters. The quantitative estimate of drug-likeness (QED) is 0.337. The predicted molar refractivity (Wildman–Crippen MR) is 177 cm³/mol. The van der Waals surface area contributed by atoms with E-state index in [1.54, 1.807) is 29.2 Å². The highest BCUT2D eigenvalue weighted by Crippen LogP contribution is 2.32. The van der Waals surface area contributed by atoms with Crippen molar-refractivity contribution in [2.75, 3.05) is 30.9 Å². The Bertz CT molecular complexity index is 1790. The van der Waals surface area contributed by atoms with Gasteiger partial charge in [-0.1, -0.05) is 42.5 Å². The van der Waals surface area contributed by atoms with Gasteiger partial charge in [0, 0.05) is 42.6 Å². The smallest absolute Gasteiger partial charge is 0.307 e. The minimum Gasteiger partial charge on any atom is -0.464 e. The van der Waals surface area contributed by atoms with Crippen LogP contribution in [-0.2, 0) is 41.9 Å². The van der Waals surface area contributed by atoms with Crippen molar-refractivity contribution in [2.45, 2.75) is 62.6 Å². The van der Waals surface area contributed by atoms with Crippen LogP contribution in [0.3, 0.4) is 0 Å². The summed E-state index contributed by atoms with van der Waals surface area (Å²) in [7, 11) is -3.48. The number of hydrogen-bond donors (Lipinski definition) is 3. The Morgan fingerprint density at radius 3 is 2.32 bits per heavy atom. The molecule has 47 heavy (non-hydrogen) atoms. The molecule has 6 rings (SSSR count). The maximum absolute atomic E-state index is 14.0. The van der Waals surface area contributed by atoms with Crippen LogP contribution >= 0.6 is 0 Å². The summed E-state index contributed by atoms with van der Waals surface area (Å²) in [6, 6.07) is 18.6. The lowest BCUT2D eigenvalue weighted by atomic mass is 9.98. The monoisotopic (exact) mass is 660 g/mol. The number of anilines is 1. The molecule has 3 aromatic rings. The van der Waals surface area contributed by atoms with Crippen LogP contribution in [0.2, 0.25) is 0 Å². The molecule has 248 valence electrons. The number of esters is 1. The standard InChI is InChI=1S/C35H40N4O7S/c1-35(2)22-46-32(41)17-18-36-33(42)28-7-5-4-6-27(28)24-10-8-23(9-11-24)21-39-30-15-13-26(47(3,44)45)20-25(30)12-14-29(34(39)43)38-31(40)16-19-37-35/h4-11,13,15,20,29,37H,12,14,16-19,21-22H2,1-3H3,(H,36,42)(H,38,40)/t29-/m1/s1. The largest absolute Gasteiger partial charge is 0.464 e. The Morgan fingerprint density at radius 2 is 1.60 bits per heavy atom. The molecule has 0 radical (unpaired) electrons. The fourth-order valence-corrected chi connectivity index (χ4v) is 6.40. The number of sulfone groups is 1. The van der Waals surface area contributed by atoms with Crippen molar-refractivity contribution in [3.05, 3.63) is 83.4 Å². The summed E-state index contributed by atoms with van der Waals surface area (Å²) in [6.07, 6.45) is 1.92. The van der Waals surface area contributed by atoms with Crippen LogP contribution in [0.25, 0.3) is 11.1 Å². The second kappa shape index (κ2) is 14.1. The van der Waals surface area contributed by atoms with E-state index in [9.17, 15) is 27.6 Å². The topological polar surface area (TPSA) is 151 Å². The molecule has 3 N–H and O–H groups in total. The van der Waals surface area contributed by atoms with Crippen molar-refractivity contribution >= 4 is 39.2 Å². The van der Waals surface area contributed by atoms with E-state index in [0.717, 1.165) is 17.4 Å². The lowest BCUT2D eigenvalue weighted by Crippen LogP contribution is -2.49. The molecule has 0 fully saturated rings. The van der Waals surface area contributed by atoms with Crippen molar-refractivity contribution in [3.63, 3.8) is 0 Å². The molecule has 3 aliphatic rings. The van der Waals surface area contributed by atoms with Crippen LogP contribution in [-0.4, -0.2) is 69.6 Å². The van der Waals surface area contributed by atoms with Gasteiger partial charge in [-0.15, -0.1) is 0 Å². The van der Waals surface area contributed by atoms with E-state index in [1.165, 1.54) is 6.07 Å². The summed E-state index contributed by atoms with van der Waals surface area (Å²) in [5, 5.41) is 8.92. The highest BCUT2D eigenvalue weighted by Gasteiger charge is 2.32. The Kier molecular flexibility index (Phi) is 10.1. The zero-order valence-corrected chi connectivity index (χ0v) is 27.6. The summed E-state index contributed by atoms with van der Waals surface area (Å²) in [6.45, 7) is 4.32. The van der Waals surface area contributed by atoms with Crippen LogP contribution < -0.4 is 20.9 Å². The maximum Gasteiger partial charge on any atom is 0.307 e. The van der Waals surface area contributed by atoms with Crippen molar-refractivity contribution in [3.8, 4) is 11.1 Å². The zero-order chi connectivity index (χ0) is 33.8. The van der Waals surface area contributed by atoms with Gasteiger partial charge in [0.1, 0.15) is 12.6 Å². The number of fused-ring (bicyclic) bond motifs is 15. The Labute approximate surface area is 275 Å². The Balaban J connectivity index is 1.49. The molecular formula is C35H40N4O7S. The molecule has 3 heterocycles. The van der Waals surface area contributed by atoms with Gasteiger partial charge >= 0.3 is 5.97 Å². The van der Waals surface area contributed by atoms with Gasteiger partial charge in [-0.3, -0.25) is 19.2 Å². The molecule has 11 nitrogen and oxygen atoms in total. The molecule has 0 saturated carbocycles. The third-order valence-electron chi connectivity index (χ3n) is 8.31. The number of hydrogen-bond acceptors (Lipinski definition) is 8. The molecule has 4 bridgehead atoms. The van der Waals surface area contributed by atoms with Crippen LogP contribution in [0.4, 0.5) is 5.69 Å². The zero-order valence-electron chi connectivity index (χ0n) is 26.8. The number of ether oxygens (including phenoxy) is 1. The van der Waals surface area contributed by atoms with Crippen molar-refractivity contribution in [1.29, 1.82) is 0 Å². The number of benzene rings is 3. The van der Waals surface area contributed by atoms with E-state index in [4.69, 9.17) is 4.74 Å². The number of nitrogens with one attached hydrogen (secondary N) is 3. The molecule has 3 aliphatic heterocycles. The molecule has 0 aliphatic carbocycles. The van der Waals surface area contributed by atoms with E-state index >= 15 is 0 Å². The SMILES string of the molecule is CC1(C)COC(=O)CCNC(=O)c2ccccc2-c2ccc(cc2)CN2C(=O)[C@@H](CCc3cc(S(C)(=O)=O)ccc32)NC(=O)CCN1. The van der Waals surface area contributed by atoms with Gasteiger partial charge < -0.3 is 25.6 Å². The van der Waals surface area contributed by atoms with E-state index in [-0.39, 0.29) is 61.7 Å². The van der Waals surface area contributed by atoms with Gasteiger partial charge in [-0.05, 0) is 73.2 Å². The number of carbonyl (C=O) groups is 4. The molecule has 3 aromatic carbocycles. The molecule has 12 heteroatoms. The molecule has 0 saturated heterocycles. The minimum atomic E-state index is -3.48. The minimum absolute atomic E-state index is 0.00566. The molecule has 1 atom stereocenters. The maximum atomic E-state index is 14.0. The van der Waals surface area contributed by atoms with E-state index in [1.807, 2.05) is 50.2 Å². The first-order valence-electron chi connectivity index (χ1n) is 15.6. The van der Waals surface area contributed by atoms with E-state index < -0.39 is 27.4 Å². The summed E-state index contributed by atoms with van der Waals surface area (Å²) >= 11 is 0. The number of amides is 3. The molecular weight excluding hydrogens is 620 g/mol. The summed E-state index contributed by atoms with van der Waals surface area (Å²) in [5.41, 5.74) is 3.42. The first-order valence-corrected chi connectivity index (χ1v) is 17.5. The van der Waals surface area contributed by atoms with E-state index in [2.05, 4.69) is 16.0 Å². The van der Waals surface area contributed by atoms with Gasteiger partial charge in [0.15, 0.2) is 9.84 Å². The summed E-state index contributed by atoms with van der Waals surface area (Å²) in [5.74, 6) is -1.39. The van der Waals surface area contributed by atoms with Crippen LogP contribution in [0.1, 0.15) is 54.6 Å². The number of rotatable bonds is 1. The molecule has 3 amide bonds. The van der Waals surface area contributed by atoms with Gasteiger partial charge in [0.25, 0.3) is 5.91 Å². The van der Waals surface area contributed by atoms with Crippen LogP contribution in [0.5, 0.6) is 0 Å². The average Bonchev–Trinajstić information content (AvgIpc) is 3.15. The second-order valence-corrected chi connectivity index (χ2v) is 14.6. The van der Waals surface area contributed by atoms with Crippen molar-refractivity contribution in [1.82, 2.24) is 16.0 Å². The van der Waals surface area contributed by atoms with Crippen LogP contribution in [0, 0.1) is 0 Å². The van der Waals surface area contributed by atoms with E-state index in [0.29, 0.717) is 35.2 Å². The second-order valence-electron chi connectivity index (χ2n) is 12.6. The fourth-order valence-electron chi connectivity index (χ4n) is 5.73. The average molecular weight is 661 g/mol. The number of aryl methyl sites for hydroxylation is 1. The number of carbonyl (C=O) groups excluding carboxylic acids is 4. The normalized spacial score (nSPS) is 19.8. The lowest BCUT2D eigenvalue weighted by molar-refractivity contribution is -0.145.